The molecule has 1 aromatic rings. The lowest BCUT2D eigenvalue weighted by molar-refractivity contribution is -0.139. The Morgan fingerprint density at radius 2 is 2.06 bits per heavy atom. The predicted octanol–water partition coefficient (Wildman–Crippen LogP) is 2.45. The molecule has 0 amide bonds. The average molecular weight is 242 g/mol. The fourth-order valence-corrected chi connectivity index (χ4v) is 1.97. The van der Waals surface area contributed by atoms with Gasteiger partial charge in [-0.1, -0.05) is 13.8 Å². The van der Waals surface area contributed by atoms with Gasteiger partial charge < -0.3 is 9.84 Å². The van der Waals surface area contributed by atoms with Crippen LogP contribution in [0.25, 0.3) is 0 Å². The highest BCUT2D eigenvalue weighted by atomic mass is 19.1. The van der Waals surface area contributed by atoms with E-state index in [2.05, 4.69) is 0 Å². The minimum Gasteiger partial charge on any atom is -0.486 e. The van der Waals surface area contributed by atoms with Gasteiger partial charge in [0.2, 0.25) is 0 Å². The van der Waals surface area contributed by atoms with Crippen molar-refractivity contribution in [2.24, 2.45) is 11.3 Å². The Kier molecular flexibility index (Phi) is 2.56. The van der Waals surface area contributed by atoms with Gasteiger partial charge in [-0.25, -0.2) is 8.78 Å². The number of hydrogen-bond donors (Lipinski definition) is 1. The van der Waals surface area contributed by atoms with Crippen LogP contribution in [-0.4, -0.2) is 17.2 Å². The van der Waals surface area contributed by atoms with Crippen molar-refractivity contribution in [2.75, 3.05) is 0 Å². The summed E-state index contributed by atoms with van der Waals surface area (Å²) in [6.45, 7) is 3.47. The van der Waals surface area contributed by atoms with Gasteiger partial charge in [0.15, 0.2) is 11.6 Å². The first-order valence-electron chi connectivity index (χ1n) is 5.18. The van der Waals surface area contributed by atoms with E-state index in [1.54, 1.807) is 13.8 Å². The van der Waals surface area contributed by atoms with E-state index in [4.69, 9.17) is 9.84 Å². The molecule has 1 N–H and O–H groups in total. The first kappa shape index (κ1) is 11.8. The van der Waals surface area contributed by atoms with Crippen LogP contribution in [0.5, 0.6) is 5.75 Å². The number of ether oxygens (including phenoxy) is 1. The van der Waals surface area contributed by atoms with Crippen molar-refractivity contribution in [1.82, 2.24) is 0 Å². The molecule has 3 nitrogen and oxygen atoms in total. The van der Waals surface area contributed by atoms with Crippen molar-refractivity contribution in [2.45, 2.75) is 20.0 Å². The lowest BCUT2D eigenvalue weighted by atomic mass is 10.1. The maximum absolute atomic E-state index is 13.3. The second-order valence-electron chi connectivity index (χ2n) is 4.75. The zero-order valence-corrected chi connectivity index (χ0v) is 9.41. The molecule has 0 bridgehead atoms. The van der Waals surface area contributed by atoms with Gasteiger partial charge >= 0.3 is 5.97 Å². The molecule has 0 aromatic heterocycles. The molecule has 0 spiro atoms. The summed E-state index contributed by atoms with van der Waals surface area (Å²) in [5.74, 6) is -3.26. The van der Waals surface area contributed by atoms with E-state index in [9.17, 15) is 13.6 Å². The molecule has 2 rings (SSSR count). The second kappa shape index (κ2) is 3.68. The quantitative estimate of drug-likeness (QED) is 0.885. The lowest BCUT2D eigenvalue weighted by Gasteiger charge is -2.08. The molecule has 1 aliphatic rings. The molecule has 1 aliphatic carbocycles. The SMILES string of the molecule is CC1(C)C(Oc2ccc(F)cc2F)C1C(=O)O. The van der Waals surface area contributed by atoms with E-state index in [-0.39, 0.29) is 5.75 Å². The van der Waals surface area contributed by atoms with Crippen molar-refractivity contribution in [3.8, 4) is 5.75 Å². The van der Waals surface area contributed by atoms with Gasteiger partial charge in [-0.3, -0.25) is 4.79 Å². The van der Waals surface area contributed by atoms with Crippen LogP contribution in [0.15, 0.2) is 18.2 Å². The highest BCUT2D eigenvalue weighted by molar-refractivity contribution is 5.76. The van der Waals surface area contributed by atoms with E-state index < -0.39 is 35.0 Å². The third-order valence-electron chi connectivity index (χ3n) is 3.14. The summed E-state index contributed by atoms with van der Waals surface area (Å²) in [6, 6.07) is 2.95. The highest BCUT2D eigenvalue weighted by Crippen LogP contribution is 2.54. The fraction of sp³-hybridized carbons (Fsp3) is 0.417. The van der Waals surface area contributed by atoms with Crippen molar-refractivity contribution in [3.05, 3.63) is 29.8 Å². The number of hydrogen-bond acceptors (Lipinski definition) is 2. The molecule has 1 fully saturated rings. The van der Waals surface area contributed by atoms with Crippen LogP contribution in [0, 0.1) is 23.0 Å². The second-order valence-corrected chi connectivity index (χ2v) is 4.75. The molecule has 2 atom stereocenters. The monoisotopic (exact) mass is 242 g/mol. The van der Waals surface area contributed by atoms with E-state index >= 15 is 0 Å². The van der Waals surface area contributed by atoms with Gasteiger partial charge in [-0.2, -0.15) is 0 Å². The molecule has 92 valence electrons. The standard InChI is InChI=1S/C12H12F2O3/c1-12(2)9(11(15)16)10(12)17-8-4-3-6(13)5-7(8)14/h3-5,9-10H,1-2H3,(H,15,16). The summed E-state index contributed by atoms with van der Waals surface area (Å²) < 4.78 is 31.3. The van der Waals surface area contributed by atoms with Crippen molar-refractivity contribution >= 4 is 5.97 Å². The number of carboxylic acid groups (broad SMARTS) is 1. The van der Waals surface area contributed by atoms with Crippen molar-refractivity contribution < 1.29 is 23.4 Å². The maximum atomic E-state index is 13.3. The van der Waals surface area contributed by atoms with Gasteiger partial charge in [0, 0.05) is 11.5 Å². The van der Waals surface area contributed by atoms with E-state index in [0.717, 1.165) is 12.1 Å². The number of benzene rings is 1. The summed E-state index contributed by atoms with van der Waals surface area (Å²) in [4.78, 5) is 10.9. The van der Waals surface area contributed by atoms with Crippen molar-refractivity contribution in [3.63, 3.8) is 0 Å². The van der Waals surface area contributed by atoms with Crippen LogP contribution in [0.1, 0.15) is 13.8 Å². The van der Waals surface area contributed by atoms with E-state index in [1.165, 1.54) is 0 Å². The molecular weight excluding hydrogens is 230 g/mol. The van der Waals surface area contributed by atoms with Gasteiger partial charge in [-0.05, 0) is 12.1 Å². The van der Waals surface area contributed by atoms with Gasteiger partial charge in [0.25, 0.3) is 0 Å². The molecule has 2 unspecified atom stereocenters. The van der Waals surface area contributed by atoms with Gasteiger partial charge in [0.05, 0.1) is 0 Å². The largest absolute Gasteiger partial charge is 0.486 e. The third-order valence-corrected chi connectivity index (χ3v) is 3.14. The van der Waals surface area contributed by atoms with Crippen LogP contribution in [-0.2, 0) is 4.79 Å². The Hall–Kier alpha value is -1.65. The topological polar surface area (TPSA) is 46.5 Å². The summed E-state index contributed by atoms with van der Waals surface area (Å²) >= 11 is 0. The van der Waals surface area contributed by atoms with Crippen LogP contribution >= 0.6 is 0 Å². The summed E-state index contributed by atoms with van der Waals surface area (Å²) in [6.07, 6.45) is -0.583. The van der Waals surface area contributed by atoms with Crippen LogP contribution in [0.3, 0.4) is 0 Å². The summed E-state index contributed by atoms with van der Waals surface area (Å²) in [5.41, 5.74) is -0.535. The molecular formula is C12H12F2O3. The van der Waals surface area contributed by atoms with E-state index in [1.807, 2.05) is 0 Å². The Morgan fingerprint density at radius 1 is 1.41 bits per heavy atom. The Morgan fingerprint density at radius 3 is 2.53 bits per heavy atom. The smallest absolute Gasteiger partial charge is 0.310 e. The van der Waals surface area contributed by atoms with Crippen LogP contribution in [0.4, 0.5) is 8.78 Å². The number of carbonyl (C=O) groups is 1. The molecule has 0 radical (unpaired) electrons. The molecule has 17 heavy (non-hydrogen) atoms. The number of halogens is 2. The molecule has 1 aromatic carbocycles. The summed E-state index contributed by atoms with van der Waals surface area (Å²) in [7, 11) is 0. The number of aliphatic carboxylic acids is 1. The molecule has 0 heterocycles. The molecule has 5 heteroatoms. The minimum atomic E-state index is -0.970. The zero-order valence-electron chi connectivity index (χ0n) is 9.41. The normalized spacial score (nSPS) is 25.4. The van der Waals surface area contributed by atoms with E-state index in [0.29, 0.717) is 6.07 Å². The fourth-order valence-electron chi connectivity index (χ4n) is 1.97. The maximum Gasteiger partial charge on any atom is 0.310 e. The summed E-state index contributed by atoms with van der Waals surface area (Å²) in [5, 5.41) is 8.92. The third kappa shape index (κ3) is 1.97. The zero-order chi connectivity index (χ0) is 12.8. The Balaban J connectivity index is 2.15. The minimum absolute atomic E-state index is 0.117. The lowest BCUT2D eigenvalue weighted by Crippen LogP contribution is -2.08. The first-order valence-corrected chi connectivity index (χ1v) is 5.18. The molecule has 1 saturated carbocycles. The first-order chi connectivity index (χ1) is 7.84. The number of rotatable bonds is 3. The highest BCUT2D eigenvalue weighted by Gasteiger charge is 2.65. The Labute approximate surface area is 97.0 Å². The molecule has 0 aliphatic heterocycles. The number of carboxylic acids is 1. The van der Waals surface area contributed by atoms with Crippen molar-refractivity contribution in [1.29, 1.82) is 0 Å². The van der Waals surface area contributed by atoms with Gasteiger partial charge in [-0.15, -0.1) is 0 Å². The molecule has 0 saturated heterocycles. The average Bonchev–Trinajstić information content (AvgIpc) is 2.73. The van der Waals surface area contributed by atoms with Crippen LogP contribution in [0.2, 0.25) is 0 Å². The van der Waals surface area contributed by atoms with Gasteiger partial charge in [0.1, 0.15) is 17.8 Å². The Bertz CT molecular complexity index is 471. The van der Waals surface area contributed by atoms with Crippen LogP contribution < -0.4 is 4.74 Å². The predicted molar refractivity (Wildman–Crippen MR) is 55.7 cm³/mol.